The number of carboxylic acids is 1. The highest BCUT2D eigenvalue weighted by atomic mass is 35.5. The minimum Gasteiger partial charge on any atom is -0.480 e. The second-order valence-corrected chi connectivity index (χ2v) is 4.12. The first-order chi connectivity index (χ1) is 9.43. The molecular formula is C12H13ClN2O5. The van der Waals surface area contributed by atoms with Crippen LogP contribution in [0.4, 0.5) is 5.69 Å². The minimum atomic E-state index is -1.17. The van der Waals surface area contributed by atoms with Crippen molar-refractivity contribution in [3.63, 3.8) is 0 Å². The van der Waals surface area contributed by atoms with Crippen LogP contribution in [0.25, 0.3) is 0 Å². The lowest BCUT2D eigenvalue weighted by molar-refractivity contribution is -0.143. The predicted molar refractivity (Wildman–Crippen MR) is 71.9 cm³/mol. The number of hydrogen-bond acceptors (Lipinski definition) is 4. The van der Waals surface area contributed by atoms with E-state index in [4.69, 9.17) is 16.7 Å². The first-order valence-corrected chi connectivity index (χ1v) is 5.93. The molecule has 0 aliphatic carbocycles. The van der Waals surface area contributed by atoms with Crippen molar-refractivity contribution >= 4 is 35.1 Å². The average molecular weight is 301 g/mol. The Bertz CT molecular complexity index is 533. The van der Waals surface area contributed by atoms with E-state index in [1.165, 1.54) is 25.2 Å². The first kappa shape index (κ1) is 15.9. The summed E-state index contributed by atoms with van der Waals surface area (Å²) in [5, 5.41) is 13.5. The van der Waals surface area contributed by atoms with Crippen molar-refractivity contribution in [3.8, 4) is 0 Å². The predicted octanol–water partition coefficient (Wildman–Crippen LogP) is 0.739. The molecule has 0 aliphatic rings. The molecule has 0 heterocycles. The van der Waals surface area contributed by atoms with E-state index in [9.17, 15) is 14.4 Å². The molecule has 0 spiro atoms. The number of anilines is 1. The third-order valence-corrected chi connectivity index (χ3v) is 2.52. The summed E-state index contributed by atoms with van der Waals surface area (Å²) in [7, 11) is 1.48. The van der Waals surface area contributed by atoms with Crippen LogP contribution in [-0.2, 0) is 14.3 Å². The van der Waals surface area contributed by atoms with Crippen molar-refractivity contribution in [2.24, 2.45) is 0 Å². The van der Waals surface area contributed by atoms with Gasteiger partial charge in [0.1, 0.15) is 13.2 Å². The molecule has 1 aromatic carbocycles. The Labute approximate surface area is 119 Å². The third-order valence-electron chi connectivity index (χ3n) is 2.19. The summed E-state index contributed by atoms with van der Waals surface area (Å²) < 4.78 is 4.63. The van der Waals surface area contributed by atoms with Crippen LogP contribution in [0.5, 0.6) is 0 Å². The van der Waals surface area contributed by atoms with Crippen molar-refractivity contribution in [2.75, 3.05) is 25.6 Å². The summed E-state index contributed by atoms with van der Waals surface area (Å²) >= 11 is 5.89. The quantitative estimate of drug-likeness (QED) is 0.718. The SMILES string of the molecule is CNC(=O)c1ccc(Cl)c(NC(=O)COCC(=O)O)c1. The number of ether oxygens (including phenoxy) is 1. The molecule has 0 fully saturated rings. The molecule has 20 heavy (non-hydrogen) atoms. The van der Waals surface area contributed by atoms with Crippen LogP contribution >= 0.6 is 11.6 Å². The molecule has 0 atom stereocenters. The number of hydrogen-bond donors (Lipinski definition) is 3. The van der Waals surface area contributed by atoms with Gasteiger partial charge in [0.15, 0.2) is 0 Å². The normalized spacial score (nSPS) is 9.90. The number of carbonyl (C=O) groups is 3. The van der Waals surface area contributed by atoms with Gasteiger partial charge in [-0.05, 0) is 18.2 Å². The second kappa shape index (κ2) is 7.46. The van der Waals surface area contributed by atoms with E-state index >= 15 is 0 Å². The van der Waals surface area contributed by atoms with Gasteiger partial charge in [-0.3, -0.25) is 9.59 Å². The van der Waals surface area contributed by atoms with Crippen LogP contribution in [0.15, 0.2) is 18.2 Å². The van der Waals surface area contributed by atoms with Crippen LogP contribution in [0.3, 0.4) is 0 Å². The van der Waals surface area contributed by atoms with Gasteiger partial charge >= 0.3 is 5.97 Å². The van der Waals surface area contributed by atoms with Gasteiger partial charge in [-0.1, -0.05) is 11.6 Å². The van der Waals surface area contributed by atoms with E-state index in [0.717, 1.165) is 0 Å². The standard InChI is InChI=1S/C12H13ClN2O5/c1-14-12(19)7-2-3-8(13)9(4-7)15-10(16)5-20-6-11(17)18/h2-4H,5-6H2,1H3,(H,14,19)(H,15,16)(H,17,18). The van der Waals surface area contributed by atoms with Crippen molar-refractivity contribution in [3.05, 3.63) is 28.8 Å². The van der Waals surface area contributed by atoms with E-state index in [-0.39, 0.29) is 16.6 Å². The summed E-state index contributed by atoms with van der Waals surface area (Å²) in [6.07, 6.45) is 0. The van der Waals surface area contributed by atoms with Gasteiger partial charge in [-0.15, -0.1) is 0 Å². The summed E-state index contributed by atoms with van der Waals surface area (Å²) in [4.78, 5) is 33.2. The van der Waals surface area contributed by atoms with E-state index in [2.05, 4.69) is 15.4 Å². The third kappa shape index (κ3) is 4.87. The maximum absolute atomic E-state index is 11.5. The molecule has 8 heteroatoms. The zero-order valence-electron chi connectivity index (χ0n) is 10.6. The summed E-state index contributed by atoms with van der Waals surface area (Å²) in [5.74, 6) is -2.06. The number of nitrogens with one attached hydrogen (secondary N) is 2. The number of carboxylic acid groups (broad SMARTS) is 1. The molecule has 0 aliphatic heterocycles. The largest absolute Gasteiger partial charge is 0.480 e. The maximum atomic E-state index is 11.5. The van der Waals surface area contributed by atoms with Gasteiger partial charge in [-0.2, -0.15) is 0 Å². The van der Waals surface area contributed by atoms with Crippen molar-refractivity contribution in [1.29, 1.82) is 0 Å². The van der Waals surface area contributed by atoms with Gasteiger partial charge in [0, 0.05) is 12.6 Å². The zero-order valence-corrected chi connectivity index (χ0v) is 11.4. The smallest absolute Gasteiger partial charge is 0.329 e. The fourth-order valence-corrected chi connectivity index (χ4v) is 1.49. The molecule has 1 rings (SSSR count). The Hall–Kier alpha value is -2.12. The minimum absolute atomic E-state index is 0.247. The molecule has 0 aromatic heterocycles. The topological polar surface area (TPSA) is 105 Å². The molecule has 2 amide bonds. The van der Waals surface area contributed by atoms with Crippen LogP contribution < -0.4 is 10.6 Å². The van der Waals surface area contributed by atoms with Gasteiger partial charge in [0.2, 0.25) is 5.91 Å². The Morgan fingerprint density at radius 2 is 2.00 bits per heavy atom. The van der Waals surface area contributed by atoms with Crippen LogP contribution in [0, 0.1) is 0 Å². The van der Waals surface area contributed by atoms with E-state index < -0.39 is 25.1 Å². The number of benzene rings is 1. The lowest BCUT2D eigenvalue weighted by Crippen LogP contribution is -2.22. The van der Waals surface area contributed by atoms with Crippen molar-refractivity contribution < 1.29 is 24.2 Å². The van der Waals surface area contributed by atoms with Crippen LogP contribution in [-0.4, -0.2) is 43.2 Å². The highest BCUT2D eigenvalue weighted by molar-refractivity contribution is 6.33. The fourth-order valence-electron chi connectivity index (χ4n) is 1.32. The molecule has 1 aromatic rings. The van der Waals surface area contributed by atoms with Crippen LogP contribution in [0.1, 0.15) is 10.4 Å². The highest BCUT2D eigenvalue weighted by Crippen LogP contribution is 2.23. The molecule has 0 saturated carbocycles. The highest BCUT2D eigenvalue weighted by Gasteiger charge is 2.10. The van der Waals surface area contributed by atoms with Gasteiger partial charge in [-0.25, -0.2) is 4.79 Å². The van der Waals surface area contributed by atoms with Crippen molar-refractivity contribution in [2.45, 2.75) is 0 Å². The van der Waals surface area contributed by atoms with Crippen molar-refractivity contribution in [1.82, 2.24) is 5.32 Å². The Morgan fingerprint density at radius 3 is 2.60 bits per heavy atom. The fraction of sp³-hybridized carbons (Fsp3) is 0.250. The molecule has 7 nitrogen and oxygen atoms in total. The number of halogens is 1. The summed E-state index contributed by atoms with van der Waals surface area (Å²) in [6.45, 7) is -0.994. The van der Waals surface area contributed by atoms with E-state index in [0.29, 0.717) is 5.56 Å². The Morgan fingerprint density at radius 1 is 1.30 bits per heavy atom. The van der Waals surface area contributed by atoms with E-state index in [1.807, 2.05) is 0 Å². The summed E-state index contributed by atoms with van der Waals surface area (Å²) in [6, 6.07) is 4.40. The molecule has 3 N–H and O–H groups in total. The second-order valence-electron chi connectivity index (χ2n) is 3.71. The zero-order chi connectivity index (χ0) is 15.1. The van der Waals surface area contributed by atoms with Gasteiger partial charge in [0.25, 0.3) is 5.91 Å². The molecule has 0 radical (unpaired) electrons. The molecule has 0 bridgehead atoms. The Kier molecular flexibility index (Phi) is 5.95. The molecule has 0 saturated heterocycles. The van der Waals surface area contributed by atoms with Crippen LogP contribution in [0.2, 0.25) is 5.02 Å². The monoisotopic (exact) mass is 300 g/mol. The summed E-state index contributed by atoms with van der Waals surface area (Å²) in [5.41, 5.74) is 0.579. The number of carbonyl (C=O) groups excluding carboxylic acids is 2. The first-order valence-electron chi connectivity index (χ1n) is 5.55. The number of rotatable bonds is 6. The average Bonchev–Trinajstić information content (AvgIpc) is 2.40. The molecular weight excluding hydrogens is 288 g/mol. The lowest BCUT2D eigenvalue weighted by atomic mass is 10.2. The van der Waals surface area contributed by atoms with E-state index in [1.54, 1.807) is 0 Å². The lowest BCUT2D eigenvalue weighted by Gasteiger charge is -2.09. The maximum Gasteiger partial charge on any atom is 0.329 e. The Balaban J connectivity index is 2.68. The molecule has 0 unspecified atom stereocenters. The molecule has 108 valence electrons. The van der Waals surface area contributed by atoms with Gasteiger partial charge < -0.3 is 20.5 Å². The number of amides is 2. The number of aliphatic carboxylic acids is 1. The van der Waals surface area contributed by atoms with Gasteiger partial charge in [0.05, 0.1) is 10.7 Å².